The van der Waals surface area contributed by atoms with Crippen LogP contribution in [0.25, 0.3) is 17.0 Å². The number of hydrogen-bond donors (Lipinski definition) is 2. The third-order valence-corrected chi connectivity index (χ3v) is 4.28. The van der Waals surface area contributed by atoms with Crippen LogP contribution in [0.4, 0.5) is 0 Å². The van der Waals surface area contributed by atoms with E-state index >= 15 is 0 Å². The molecule has 4 nitrogen and oxygen atoms in total. The highest BCUT2D eigenvalue weighted by molar-refractivity contribution is 5.99. The number of carbonyl (C=O) groups excluding carboxylic acids is 1. The van der Waals surface area contributed by atoms with Crippen LogP contribution in [0.2, 0.25) is 0 Å². The van der Waals surface area contributed by atoms with E-state index in [1.807, 2.05) is 48.7 Å². The first-order valence-electron chi connectivity index (χ1n) is 8.07. The number of nitrogens with one attached hydrogen (secondary N) is 2. The Morgan fingerprint density at radius 3 is 2.92 bits per heavy atom. The summed E-state index contributed by atoms with van der Waals surface area (Å²) < 4.78 is 5.63. The Hall–Kier alpha value is -3.01. The number of fused-ring (bicyclic) bond motifs is 2. The molecule has 0 radical (unpaired) electrons. The van der Waals surface area contributed by atoms with Crippen molar-refractivity contribution in [2.75, 3.05) is 13.2 Å². The molecule has 4 heteroatoms. The van der Waals surface area contributed by atoms with Gasteiger partial charge in [-0.15, -0.1) is 0 Å². The van der Waals surface area contributed by atoms with Crippen molar-refractivity contribution >= 4 is 22.9 Å². The zero-order valence-corrected chi connectivity index (χ0v) is 13.2. The fourth-order valence-corrected chi connectivity index (χ4v) is 3.01. The predicted octanol–water partition coefficient (Wildman–Crippen LogP) is 3.30. The number of para-hydroxylation sites is 2. The van der Waals surface area contributed by atoms with Gasteiger partial charge in [-0.05, 0) is 30.2 Å². The number of hydrogen-bond acceptors (Lipinski definition) is 2. The van der Waals surface area contributed by atoms with E-state index in [0.717, 1.165) is 23.3 Å². The van der Waals surface area contributed by atoms with Crippen LogP contribution in [0, 0.1) is 0 Å². The summed E-state index contributed by atoms with van der Waals surface area (Å²) >= 11 is 0. The van der Waals surface area contributed by atoms with E-state index in [4.69, 9.17) is 4.74 Å². The van der Waals surface area contributed by atoms with Crippen LogP contribution in [0.1, 0.15) is 11.1 Å². The summed E-state index contributed by atoms with van der Waals surface area (Å²) in [6, 6.07) is 15.9. The van der Waals surface area contributed by atoms with Crippen LogP contribution >= 0.6 is 0 Å². The molecule has 1 aliphatic heterocycles. The van der Waals surface area contributed by atoms with Crippen LogP contribution in [0.5, 0.6) is 5.75 Å². The van der Waals surface area contributed by atoms with Gasteiger partial charge < -0.3 is 15.0 Å². The number of carbonyl (C=O) groups is 1. The first-order chi connectivity index (χ1) is 11.8. The third-order valence-electron chi connectivity index (χ3n) is 4.28. The average Bonchev–Trinajstić information content (AvgIpc) is 3.04. The van der Waals surface area contributed by atoms with Crippen LogP contribution in [-0.4, -0.2) is 24.0 Å². The van der Waals surface area contributed by atoms with E-state index in [2.05, 4.69) is 22.4 Å². The molecule has 0 spiro atoms. The Bertz CT molecular complexity index is 924. The number of amides is 1. The van der Waals surface area contributed by atoms with E-state index in [9.17, 15) is 4.79 Å². The molecule has 1 aliphatic rings. The first kappa shape index (κ1) is 14.6. The van der Waals surface area contributed by atoms with Crippen LogP contribution in [0.3, 0.4) is 0 Å². The largest absolute Gasteiger partial charge is 0.488 e. The molecule has 3 aromatic rings. The molecule has 0 bridgehead atoms. The van der Waals surface area contributed by atoms with E-state index < -0.39 is 0 Å². The Labute approximate surface area is 140 Å². The lowest BCUT2D eigenvalue weighted by molar-refractivity contribution is -0.117. The summed E-state index contributed by atoms with van der Waals surface area (Å²) in [5, 5.41) is 4.19. The summed E-state index contributed by atoms with van der Waals surface area (Å²) in [6.45, 7) is 0.912. The van der Waals surface area contributed by atoms with Crippen molar-refractivity contribution in [2.45, 2.75) is 6.42 Å². The van der Waals surface area contributed by atoms with Gasteiger partial charge in [0.25, 0.3) is 5.91 Å². The maximum atomic E-state index is 12.3. The standard InChI is InChI=1S/C20H18N2O2/c23-20(16-11-14-5-1-4-8-19(14)24-13-16)21-10-9-15-12-22-18-7-3-2-6-17(15)18/h1-8,11-12,22H,9-10,13H2,(H,21,23). The van der Waals surface area contributed by atoms with Gasteiger partial charge in [-0.1, -0.05) is 36.4 Å². The maximum absolute atomic E-state index is 12.3. The third kappa shape index (κ3) is 2.78. The molecule has 1 aromatic heterocycles. The molecule has 120 valence electrons. The fraction of sp³-hybridized carbons (Fsp3) is 0.150. The number of aromatic amines is 1. The molecule has 0 unspecified atom stereocenters. The van der Waals surface area contributed by atoms with Crippen molar-refractivity contribution in [2.24, 2.45) is 0 Å². The van der Waals surface area contributed by atoms with Gasteiger partial charge in [0.1, 0.15) is 12.4 Å². The lowest BCUT2D eigenvalue weighted by Crippen LogP contribution is -2.30. The normalized spacial score (nSPS) is 13.1. The van der Waals surface area contributed by atoms with Crippen LogP contribution < -0.4 is 10.1 Å². The Kier molecular flexibility index (Phi) is 3.79. The molecular weight excluding hydrogens is 300 g/mol. The number of ether oxygens (including phenoxy) is 1. The number of rotatable bonds is 4. The van der Waals surface area contributed by atoms with Crippen molar-refractivity contribution in [3.05, 3.63) is 71.4 Å². The molecule has 2 aromatic carbocycles. The van der Waals surface area contributed by atoms with Gasteiger partial charge in [-0.2, -0.15) is 0 Å². The lowest BCUT2D eigenvalue weighted by Gasteiger charge is -2.17. The molecule has 0 aliphatic carbocycles. The fourth-order valence-electron chi connectivity index (χ4n) is 3.01. The highest BCUT2D eigenvalue weighted by Gasteiger charge is 2.16. The topological polar surface area (TPSA) is 54.1 Å². The zero-order chi connectivity index (χ0) is 16.4. The second kappa shape index (κ2) is 6.24. The second-order valence-corrected chi connectivity index (χ2v) is 5.86. The molecule has 0 atom stereocenters. The SMILES string of the molecule is O=C(NCCc1c[nH]c2ccccc12)C1=Cc2ccccc2OC1. The number of aromatic nitrogens is 1. The molecule has 0 saturated heterocycles. The minimum absolute atomic E-state index is 0.0654. The molecule has 0 fully saturated rings. The minimum atomic E-state index is -0.0654. The van der Waals surface area contributed by atoms with Gasteiger partial charge >= 0.3 is 0 Å². The second-order valence-electron chi connectivity index (χ2n) is 5.86. The van der Waals surface area contributed by atoms with Gasteiger partial charge in [-0.3, -0.25) is 4.79 Å². The summed E-state index contributed by atoms with van der Waals surface area (Å²) in [7, 11) is 0. The van der Waals surface area contributed by atoms with Crippen molar-refractivity contribution in [3.63, 3.8) is 0 Å². The molecule has 1 amide bonds. The molecular formula is C20H18N2O2. The number of H-pyrrole nitrogens is 1. The average molecular weight is 318 g/mol. The minimum Gasteiger partial charge on any atom is -0.488 e. The highest BCUT2D eigenvalue weighted by atomic mass is 16.5. The zero-order valence-electron chi connectivity index (χ0n) is 13.2. The van der Waals surface area contributed by atoms with Crippen molar-refractivity contribution in [1.82, 2.24) is 10.3 Å². The van der Waals surface area contributed by atoms with E-state index in [1.165, 1.54) is 10.9 Å². The molecule has 4 rings (SSSR count). The maximum Gasteiger partial charge on any atom is 0.250 e. The Balaban J connectivity index is 1.40. The first-order valence-corrected chi connectivity index (χ1v) is 8.07. The molecule has 2 heterocycles. The summed E-state index contributed by atoms with van der Waals surface area (Å²) in [5.41, 5.74) is 3.95. The summed E-state index contributed by atoms with van der Waals surface area (Å²) in [6.07, 6.45) is 4.70. The highest BCUT2D eigenvalue weighted by Crippen LogP contribution is 2.25. The van der Waals surface area contributed by atoms with Crippen LogP contribution in [0.15, 0.2) is 60.3 Å². The summed E-state index contributed by atoms with van der Waals surface area (Å²) in [4.78, 5) is 15.6. The smallest absolute Gasteiger partial charge is 0.250 e. The Morgan fingerprint density at radius 1 is 1.12 bits per heavy atom. The van der Waals surface area contributed by atoms with E-state index in [-0.39, 0.29) is 5.91 Å². The molecule has 24 heavy (non-hydrogen) atoms. The lowest BCUT2D eigenvalue weighted by atomic mass is 10.1. The predicted molar refractivity (Wildman–Crippen MR) is 94.9 cm³/mol. The van der Waals surface area contributed by atoms with E-state index in [1.54, 1.807) is 0 Å². The molecule has 2 N–H and O–H groups in total. The number of benzene rings is 2. The molecule has 0 saturated carbocycles. The van der Waals surface area contributed by atoms with Gasteiger partial charge in [0.05, 0.1) is 5.57 Å². The van der Waals surface area contributed by atoms with E-state index in [0.29, 0.717) is 18.7 Å². The quantitative estimate of drug-likeness (QED) is 0.775. The monoisotopic (exact) mass is 318 g/mol. The van der Waals surface area contributed by atoms with Gasteiger partial charge in [0.2, 0.25) is 0 Å². The van der Waals surface area contributed by atoms with Crippen molar-refractivity contribution in [3.8, 4) is 5.75 Å². The Morgan fingerprint density at radius 2 is 1.96 bits per heavy atom. The van der Waals surface area contributed by atoms with Crippen molar-refractivity contribution in [1.29, 1.82) is 0 Å². The van der Waals surface area contributed by atoms with Crippen LogP contribution in [-0.2, 0) is 11.2 Å². The summed E-state index contributed by atoms with van der Waals surface area (Å²) in [5.74, 6) is 0.761. The van der Waals surface area contributed by atoms with Crippen molar-refractivity contribution < 1.29 is 9.53 Å². The van der Waals surface area contributed by atoms with Gasteiger partial charge in [0, 0.05) is 29.2 Å². The van der Waals surface area contributed by atoms with Gasteiger partial charge in [0.15, 0.2) is 0 Å². The van der Waals surface area contributed by atoms with Gasteiger partial charge in [-0.25, -0.2) is 0 Å².